The van der Waals surface area contributed by atoms with Crippen LogP contribution in [0.4, 0.5) is 0 Å². The van der Waals surface area contributed by atoms with Crippen LogP contribution in [0.3, 0.4) is 0 Å². The molecule has 110 valence electrons. The Labute approximate surface area is 112 Å². The Balaban J connectivity index is 4.03. The van der Waals surface area contributed by atoms with Crippen LogP contribution in [0.1, 0.15) is 48.5 Å². The molecule has 0 spiro atoms. The molecule has 0 aromatic rings. The zero-order valence-corrected chi connectivity index (χ0v) is 12.8. The second-order valence-corrected chi connectivity index (χ2v) is 5.50. The van der Waals surface area contributed by atoms with E-state index in [1.807, 2.05) is 27.7 Å². The lowest BCUT2D eigenvalue weighted by molar-refractivity contribution is -0.206. The van der Waals surface area contributed by atoms with Crippen molar-refractivity contribution in [3.63, 3.8) is 0 Å². The van der Waals surface area contributed by atoms with E-state index < -0.39 is 6.29 Å². The Morgan fingerprint density at radius 1 is 0.833 bits per heavy atom. The van der Waals surface area contributed by atoms with Crippen molar-refractivity contribution >= 4 is 0 Å². The molecule has 0 aromatic heterocycles. The topological polar surface area (TPSA) is 47.9 Å². The van der Waals surface area contributed by atoms with E-state index in [9.17, 15) is 5.11 Å². The zero-order valence-electron chi connectivity index (χ0n) is 12.8. The Morgan fingerprint density at radius 3 is 1.78 bits per heavy atom. The summed E-state index contributed by atoms with van der Waals surface area (Å²) >= 11 is 0. The maximum Gasteiger partial charge on any atom is 0.155 e. The minimum atomic E-state index is -0.771. The second-order valence-electron chi connectivity index (χ2n) is 5.50. The van der Waals surface area contributed by atoms with Gasteiger partial charge >= 0.3 is 0 Å². The predicted octanol–water partition coefficient (Wildman–Crippen LogP) is 2.79. The van der Waals surface area contributed by atoms with Crippen LogP contribution in [-0.4, -0.2) is 36.5 Å². The van der Waals surface area contributed by atoms with E-state index in [4.69, 9.17) is 14.2 Å². The highest BCUT2D eigenvalue weighted by atomic mass is 16.7. The highest BCUT2D eigenvalue weighted by Crippen LogP contribution is 2.13. The van der Waals surface area contributed by atoms with Crippen LogP contribution in [-0.2, 0) is 14.2 Å². The molecular weight excluding hydrogens is 232 g/mol. The molecule has 0 aliphatic carbocycles. The lowest BCUT2D eigenvalue weighted by Gasteiger charge is -2.27. The van der Waals surface area contributed by atoms with Crippen molar-refractivity contribution in [1.29, 1.82) is 0 Å². The molecule has 4 atom stereocenters. The van der Waals surface area contributed by atoms with Crippen LogP contribution in [0.15, 0.2) is 0 Å². The molecule has 3 unspecified atom stereocenters. The van der Waals surface area contributed by atoms with E-state index in [1.165, 1.54) is 0 Å². The van der Waals surface area contributed by atoms with Crippen molar-refractivity contribution in [3.05, 3.63) is 0 Å². The molecule has 0 aromatic carbocycles. The van der Waals surface area contributed by atoms with Gasteiger partial charge in [-0.25, -0.2) is 0 Å². The summed E-state index contributed by atoms with van der Waals surface area (Å²) in [5, 5.41) is 9.25. The fourth-order valence-electron chi connectivity index (χ4n) is 1.37. The van der Waals surface area contributed by atoms with Crippen LogP contribution in [0.5, 0.6) is 0 Å². The van der Waals surface area contributed by atoms with Gasteiger partial charge in [-0.1, -0.05) is 27.7 Å². The molecule has 0 fully saturated rings. The maximum absolute atomic E-state index is 9.25. The summed E-state index contributed by atoms with van der Waals surface area (Å²) in [5.41, 5.74) is 0. The Morgan fingerprint density at radius 2 is 1.39 bits per heavy atom. The van der Waals surface area contributed by atoms with E-state index >= 15 is 0 Å². The monoisotopic (exact) mass is 262 g/mol. The van der Waals surface area contributed by atoms with Crippen LogP contribution >= 0.6 is 0 Å². The van der Waals surface area contributed by atoms with Gasteiger partial charge < -0.3 is 19.3 Å². The van der Waals surface area contributed by atoms with Gasteiger partial charge in [0.05, 0.1) is 18.8 Å². The molecule has 0 amide bonds. The third-order valence-electron chi connectivity index (χ3n) is 2.96. The first-order valence-electron chi connectivity index (χ1n) is 6.84. The molecule has 0 bridgehead atoms. The van der Waals surface area contributed by atoms with Gasteiger partial charge in [-0.3, -0.25) is 0 Å². The lowest BCUT2D eigenvalue weighted by Crippen LogP contribution is -2.33. The summed E-state index contributed by atoms with van der Waals surface area (Å²) < 4.78 is 16.7. The lowest BCUT2D eigenvalue weighted by atomic mass is 10.1. The van der Waals surface area contributed by atoms with Gasteiger partial charge in [-0.15, -0.1) is 0 Å². The van der Waals surface area contributed by atoms with Crippen molar-refractivity contribution in [2.45, 2.75) is 73.3 Å². The van der Waals surface area contributed by atoms with E-state index in [2.05, 4.69) is 13.8 Å². The van der Waals surface area contributed by atoms with Crippen LogP contribution in [0.25, 0.3) is 0 Å². The molecule has 0 saturated carbocycles. The third kappa shape index (κ3) is 8.03. The van der Waals surface area contributed by atoms with Crippen molar-refractivity contribution in [2.24, 2.45) is 11.8 Å². The van der Waals surface area contributed by atoms with Crippen LogP contribution in [0, 0.1) is 11.8 Å². The van der Waals surface area contributed by atoms with E-state index in [0.717, 1.165) is 0 Å². The number of aliphatic hydroxyl groups excluding tert-OH is 1. The fourth-order valence-corrected chi connectivity index (χ4v) is 1.37. The molecule has 0 rings (SSSR count). The SMILES string of the molecule is CC(O)OC(CO[C@@H](C)OC(C)C(C)C)C(C)C. The summed E-state index contributed by atoms with van der Waals surface area (Å²) in [6.45, 7) is 14.3. The number of ether oxygens (including phenoxy) is 3. The van der Waals surface area contributed by atoms with Crippen LogP contribution in [0.2, 0.25) is 0 Å². The average molecular weight is 262 g/mol. The minimum absolute atomic E-state index is 0.120. The number of aliphatic hydroxyl groups is 1. The maximum atomic E-state index is 9.25. The summed E-state index contributed by atoms with van der Waals surface area (Å²) in [5.74, 6) is 0.750. The largest absolute Gasteiger partial charge is 0.368 e. The molecule has 0 saturated heterocycles. The number of rotatable bonds is 9. The Kier molecular flexibility index (Phi) is 8.78. The van der Waals surface area contributed by atoms with Crippen LogP contribution < -0.4 is 0 Å². The first-order chi connectivity index (χ1) is 8.23. The van der Waals surface area contributed by atoms with E-state index in [1.54, 1.807) is 6.92 Å². The van der Waals surface area contributed by atoms with Gasteiger partial charge in [0.2, 0.25) is 0 Å². The summed E-state index contributed by atoms with van der Waals surface area (Å²) in [7, 11) is 0. The molecule has 1 N–H and O–H groups in total. The highest BCUT2D eigenvalue weighted by molar-refractivity contribution is 4.62. The van der Waals surface area contributed by atoms with Gasteiger partial charge in [0.25, 0.3) is 0 Å². The number of hydrogen-bond acceptors (Lipinski definition) is 4. The first-order valence-corrected chi connectivity index (χ1v) is 6.84. The van der Waals surface area contributed by atoms with Gasteiger partial charge in [0.1, 0.15) is 0 Å². The number of hydrogen-bond donors (Lipinski definition) is 1. The smallest absolute Gasteiger partial charge is 0.155 e. The van der Waals surface area contributed by atoms with E-state index in [-0.39, 0.29) is 24.4 Å². The highest BCUT2D eigenvalue weighted by Gasteiger charge is 2.19. The minimum Gasteiger partial charge on any atom is -0.368 e. The van der Waals surface area contributed by atoms with E-state index in [0.29, 0.717) is 12.5 Å². The molecule has 18 heavy (non-hydrogen) atoms. The summed E-state index contributed by atoms with van der Waals surface area (Å²) in [6.07, 6.45) is -0.992. The molecule has 0 radical (unpaired) electrons. The molecule has 0 heterocycles. The standard InChI is InChI=1S/C14H30O4/c1-9(2)11(5)17-13(7)16-8-14(10(3)4)18-12(6)15/h9-15H,8H2,1-7H3/t11?,12?,13-,14?/m1/s1. The molecule has 4 nitrogen and oxygen atoms in total. The zero-order chi connectivity index (χ0) is 14.3. The molecular formula is C14H30O4. The van der Waals surface area contributed by atoms with Gasteiger partial charge in [0.15, 0.2) is 12.6 Å². The first kappa shape index (κ1) is 17.8. The predicted molar refractivity (Wildman–Crippen MR) is 72.2 cm³/mol. The van der Waals surface area contributed by atoms with Gasteiger partial charge in [-0.05, 0) is 32.6 Å². The summed E-state index contributed by atoms with van der Waals surface area (Å²) in [4.78, 5) is 0. The second kappa shape index (κ2) is 8.86. The fraction of sp³-hybridized carbons (Fsp3) is 1.00. The summed E-state index contributed by atoms with van der Waals surface area (Å²) in [6, 6.07) is 0. The molecule has 0 aliphatic heterocycles. The van der Waals surface area contributed by atoms with Crippen molar-refractivity contribution in [3.8, 4) is 0 Å². The quantitative estimate of drug-likeness (QED) is 0.649. The van der Waals surface area contributed by atoms with Crippen molar-refractivity contribution in [1.82, 2.24) is 0 Å². The van der Waals surface area contributed by atoms with Crippen molar-refractivity contribution < 1.29 is 19.3 Å². The van der Waals surface area contributed by atoms with Gasteiger partial charge in [-0.2, -0.15) is 0 Å². The third-order valence-corrected chi connectivity index (χ3v) is 2.96. The normalized spacial score (nSPS) is 19.0. The molecule has 4 heteroatoms. The van der Waals surface area contributed by atoms with Crippen molar-refractivity contribution in [2.75, 3.05) is 6.61 Å². The van der Waals surface area contributed by atoms with Gasteiger partial charge in [0, 0.05) is 0 Å². The Bertz CT molecular complexity index is 204. The average Bonchev–Trinajstić information content (AvgIpc) is 2.22. The molecule has 0 aliphatic rings. The Hall–Kier alpha value is -0.160.